The Balaban J connectivity index is 2.64. The van der Waals surface area contributed by atoms with Crippen LogP contribution >= 0.6 is 0 Å². The summed E-state index contributed by atoms with van der Waals surface area (Å²) in [5.74, 6) is 0.117. The van der Waals surface area contributed by atoms with Crippen molar-refractivity contribution in [1.29, 1.82) is 0 Å². The molecule has 0 aromatic rings. The van der Waals surface area contributed by atoms with E-state index in [9.17, 15) is 4.79 Å². The molecule has 1 saturated carbocycles. The molecule has 1 rings (SSSR count). The predicted molar refractivity (Wildman–Crippen MR) is 70.1 cm³/mol. The summed E-state index contributed by atoms with van der Waals surface area (Å²) in [5, 5.41) is 9.04. The molecule has 3 heteroatoms. The molecule has 3 unspecified atom stereocenters. The van der Waals surface area contributed by atoms with Crippen molar-refractivity contribution in [2.75, 3.05) is 6.54 Å². The third kappa shape index (κ3) is 4.66. The summed E-state index contributed by atoms with van der Waals surface area (Å²) in [7, 11) is 0. The minimum atomic E-state index is -0.692. The van der Waals surface area contributed by atoms with Gasteiger partial charge in [0.2, 0.25) is 0 Å². The Morgan fingerprint density at radius 3 is 2.65 bits per heavy atom. The smallest absolute Gasteiger partial charge is 0.317 e. The Labute approximate surface area is 105 Å². The maximum Gasteiger partial charge on any atom is 0.317 e. The fraction of sp³-hybridized carbons (Fsp3) is 0.929. The summed E-state index contributed by atoms with van der Waals surface area (Å²) in [6.45, 7) is 6.80. The number of hydrogen-bond acceptors (Lipinski definition) is 2. The lowest BCUT2D eigenvalue weighted by Crippen LogP contribution is -2.44. The number of carboxylic acid groups (broad SMARTS) is 1. The molecule has 0 bridgehead atoms. The van der Waals surface area contributed by atoms with Gasteiger partial charge in [-0.05, 0) is 38.5 Å². The van der Waals surface area contributed by atoms with E-state index in [4.69, 9.17) is 5.11 Å². The maximum atomic E-state index is 11.0. The summed E-state index contributed by atoms with van der Waals surface area (Å²) in [6.07, 6.45) is 7.16. The fourth-order valence-corrected chi connectivity index (χ4v) is 2.83. The van der Waals surface area contributed by atoms with Crippen molar-refractivity contribution in [3.8, 4) is 0 Å². The number of nitrogens with zero attached hydrogens (tertiary/aromatic N) is 1. The molecule has 0 aliphatic heterocycles. The van der Waals surface area contributed by atoms with Gasteiger partial charge in [0.25, 0.3) is 0 Å². The Bertz CT molecular complexity index is 242. The van der Waals surface area contributed by atoms with Crippen LogP contribution in [0.3, 0.4) is 0 Å². The van der Waals surface area contributed by atoms with Crippen LogP contribution in [-0.2, 0) is 4.79 Å². The first kappa shape index (κ1) is 14.5. The van der Waals surface area contributed by atoms with Crippen molar-refractivity contribution >= 4 is 5.97 Å². The van der Waals surface area contributed by atoms with Gasteiger partial charge >= 0.3 is 5.97 Å². The molecule has 1 aliphatic carbocycles. The van der Waals surface area contributed by atoms with Gasteiger partial charge in [0.15, 0.2) is 0 Å². The average Bonchev–Trinajstić information content (AvgIpc) is 2.49. The first-order valence-corrected chi connectivity index (χ1v) is 7.02. The van der Waals surface area contributed by atoms with E-state index in [-0.39, 0.29) is 6.54 Å². The van der Waals surface area contributed by atoms with Crippen molar-refractivity contribution in [3.05, 3.63) is 0 Å². The van der Waals surface area contributed by atoms with Crippen LogP contribution in [0.1, 0.15) is 59.3 Å². The molecule has 0 saturated heterocycles. The van der Waals surface area contributed by atoms with Gasteiger partial charge in [0, 0.05) is 12.1 Å². The van der Waals surface area contributed by atoms with Crippen molar-refractivity contribution in [2.45, 2.75) is 71.4 Å². The molecule has 0 heterocycles. The largest absolute Gasteiger partial charge is 0.480 e. The second-order valence-corrected chi connectivity index (χ2v) is 5.59. The zero-order chi connectivity index (χ0) is 12.8. The molecule has 0 spiro atoms. The van der Waals surface area contributed by atoms with Gasteiger partial charge < -0.3 is 5.11 Å². The monoisotopic (exact) mass is 241 g/mol. The van der Waals surface area contributed by atoms with Crippen molar-refractivity contribution in [1.82, 2.24) is 4.90 Å². The van der Waals surface area contributed by atoms with Gasteiger partial charge in [-0.1, -0.05) is 26.7 Å². The molecule has 3 nitrogen and oxygen atoms in total. The molecule has 1 aliphatic rings. The zero-order valence-corrected chi connectivity index (χ0v) is 11.5. The quantitative estimate of drug-likeness (QED) is 0.752. The van der Waals surface area contributed by atoms with Crippen LogP contribution in [0, 0.1) is 5.92 Å². The Kier molecular flexibility index (Phi) is 5.96. The zero-order valence-electron chi connectivity index (χ0n) is 11.5. The van der Waals surface area contributed by atoms with Crippen LogP contribution < -0.4 is 0 Å². The van der Waals surface area contributed by atoms with Gasteiger partial charge in [-0.25, -0.2) is 0 Å². The number of carbonyl (C=O) groups is 1. The number of aliphatic carboxylic acids is 1. The Morgan fingerprint density at radius 2 is 2.06 bits per heavy atom. The molecule has 17 heavy (non-hydrogen) atoms. The predicted octanol–water partition coefficient (Wildman–Crippen LogP) is 3.14. The first-order chi connectivity index (χ1) is 8.04. The number of carboxylic acids is 1. The standard InChI is InChI=1S/C14H27NO2/c1-4-12(3)15(10-14(16)17)13-7-5-6-11(2)8-9-13/h11-13H,4-10H2,1-3H3,(H,16,17). The van der Waals surface area contributed by atoms with Gasteiger partial charge in [0.05, 0.1) is 6.54 Å². The highest BCUT2D eigenvalue weighted by Gasteiger charge is 2.26. The fourth-order valence-electron chi connectivity index (χ4n) is 2.83. The lowest BCUT2D eigenvalue weighted by atomic mass is 10.0. The van der Waals surface area contributed by atoms with Crippen LogP contribution in [0.4, 0.5) is 0 Å². The normalized spacial score (nSPS) is 27.8. The molecule has 0 aromatic carbocycles. The first-order valence-electron chi connectivity index (χ1n) is 7.02. The van der Waals surface area contributed by atoms with E-state index in [2.05, 4.69) is 25.7 Å². The molecule has 1 fully saturated rings. The molecule has 100 valence electrons. The second-order valence-electron chi connectivity index (χ2n) is 5.59. The third-order valence-electron chi connectivity index (χ3n) is 4.17. The van der Waals surface area contributed by atoms with E-state index in [1.165, 1.54) is 32.1 Å². The van der Waals surface area contributed by atoms with E-state index >= 15 is 0 Å². The van der Waals surface area contributed by atoms with Crippen molar-refractivity contribution in [2.24, 2.45) is 5.92 Å². The average molecular weight is 241 g/mol. The summed E-state index contributed by atoms with van der Waals surface area (Å²) in [5.41, 5.74) is 0. The van der Waals surface area contributed by atoms with Gasteiger partial charge in [-0.3, -0.25) is 9.69 Å². The van der Waals surface area contributed by atoms with Gasteiger partial charge in [-0.15, -0.1) is 0 Å². The second kappa shape index (κ2) is 7.00. The van der Waals surface area contributed by atoms with Gasteiger partial charge in [-0.2, -0.15) is 0 Å². The summed E-state index contributed by atoms with van der Waals surface area (Å²) in [4.78, 5) is 13.2. The van der Waals surface area contributed by atoms with E-state index in [0.29, 0.717) is 12.1 Å². The summed E-state index contributed by atoms with van der Waals surface area (Å²) >= 11 is 0. The summed E-state index contributed by atoms with van der Waals surface area (Å²) < 4.78 is 0. The molecule has 3 atom stereocenters. The minimum Gasteiger partial charge on any atom is -0.480 e. The van der Waals surface area contributed by atoms with Crippen LogP contribution in [0.5, 0.6) is 0 Å². The van der Waals surface area contributed by atoms with Gasteiger partial charge in [0.1, 0.15) is 0 Å². The Hall–Kier alpha value is -0.570. The van der Waals surface area contributed by atoms with Crippen LogP contribution in [0.25, 0.3) is 0 Å². The van der Waals surface area contributed by atoms with Crippen LogP contribution in [0.2, 0.25) is 0 Å². The van der Waals surface area contributed by atoms with Crippen molar-refractivity contribution < 1.29 is 9.90 Å². The number of rotatable bonds is 5. The van der Waals surface area contributed by atoms with Crippen LogP contribution in [0.15, 0.2) is 0 Å². The lowest BCUT2D eigenvalue weighted by molar-refractivity contribution is -0.139. The minimum absolute atomic E-state index is 0.202. The SMILES string of the molecule is CCC(C)N(CC(=O)O)C1CCCC(C)CC1. The molecule has 0 aromatic heterocycles. The van der Waals surface area contributed by atoms with E-state index in [1.807, 2.05) is 0 Å². The number of hydrogen-bond donors (Lipinski definition) is 1. The Morgan fingerprint density at radius 1 is 1.35 bits per heavy atom. The maximum absolute atomic E-state index is 11.0. The van der Waals surface area contributed by atoms with Crippen LogP contribution in [-0.4, -0.2) is 34.6 Å². The highest BCUT2D eigenvalue weighted by molar-refractivity contribution is 5.69. The summed E-state index contributed by atoms with van der Waals surface area (Å²) in [6, 6.07) is 0.857. The molecule has 1 N–H and O–H groups in total. The lowest BCUT2D eigenvalue weighted by Gasteiger charge is -2.34. The highest BCUT2D eigenvalue weighted by Crippen LogP contribution is 2.27. The van der Waals surface area contributed by atoms with E-state index in [1.54, 1.807) is 0 Å². The van der Waals surface area contributed by atoms with Crippen molar-refractivity contribution in [3.63, 3.8) is 0 Å². The molecular weight excluding hydrogens is 214 g/mol. The topological polar surface area (TPSA) is 40.5 Å². The van der Waals surface area contributed by atoms with E-state index < -0.39 is 5.97 Å². The highest BCUT2D eigenvalue weighted by atomic mass is 16.4. The third-order valence-corrected chi connectivity index (χ3v) is 4.17. The molecule has 0 amide bonds. The molecular formula is C14H27NO2. The van der Waals surface area contributed by atoms with E-state index in [0.717, 1.165) is 12.3 Å². The molecule has 0 radical (unpaired) electrons.